The number of nitrogens with one attached hydrogen (secondary N) is 1. The number of nitrogens with zero attached hydrogens (tertiary/aromatic N) is 1. The third-order valence-electron chi connectivity index (χ3n) is 4.09. The summed E-state index contributed by atoms with van der Waals surface area (Å²) >= 11 is 4.57. The van der Waals surface area contributed by atoms with Gasteiger partial charge in [0.1, 0.15) is 4.21 Å². The summed E-state index contributed by atoms with van der Waals surface area (Å²) in [5.41, 5.74) is 1.72. The third-order valence-corrected chi connectivity index (χ3v) is 8.04. The van der Waals surface area contributed by atoms with E-state index in [-0.39, 0.29) is 12.3 Å². The molecule has 5 nitrogen and oxygen atoms in total. The fraction of sp³-hybridized carbons (Fsp3) is 0.353. The van der Waals surface area contributed by atoms with Crippen molar-refractivity contribution in [3.63, 3.8) is 0 Å². The quantitative estimate of drug-likeness (QED) is 0.765. The van der Waals surface area contributed by atoms with Crippen LogP contribution in [0.25, 0.3) is 0 Å². The molecule has 0 radical (unpaired) electrons. The molecule has 0 saturated carbocycles. The monoisotopic (exact) mass is 442 g/mol. The van der Waals surface area contributed by atoms with E-state index in [9.17, 15) is 13.2 Å². The van der Waals surface area contributed by atoms with E-state index in [0.717, 1.165) is 33.4 Å². The van der Waals surface area contributed by atoms with Gasteiger partial charge < -0.3 is 5.32 Å². The molecule has 3 rings (SSSR count). The van der Waals surface area contributed by atoms with Crippen molar-refractivity contribution in [2.24, 2.45) is 0 Å². The Hall–Kier alpha value is -1.22. The minimum Gasteiger partial charge on any atom is -0.326 e. The van der Waals surface area contributed by atoms with Crippen LogP contribution in [0.15, 0.2) is 39.0 Å². The van der Waals surface area contributed by atoms with Crippen LogP contribution < -0.4 is 5.32 Å². The van der Waals surface area contributed by atoms with E-state index in [2.05, 4.69) is 21.2 Å². The molecule has 0 atom stereocenters. The number of carbonyl (C=O) groups excluding carboxylic acids is 1. The molecule has 2 aromatic rings. The Bertz CT molecular complexity index is 887. The highest BCUT2D eigenvalue weighted by Crippen LogP contribution is 2.28. The van der Waals surface area contributed by atoms with Gasteiger partial charge in [0.25, 0.3) is 10.0 Å². The van der Waals surface area contributed by atoms with Crippen LogP contribution in [-0.4, -0.2) is 31.7 Å². The number of benzene rings is 1. The lowest BCUT2D eigenvalue weighted by Gasteiger charge is -2.13. The molecule has 8 heteroatoms. The number of halogens is 1. The molecule has 1 amide bonds. The lowest BCUT2D eigenvalue weighted by molar-refractivity contribution is -0.115. The number of sulfonamides is 1. The van der Waals surface area contributed by atoms with Crippen LogP contribution in [0.2, 0.25) is 0 Å². The number of aryl methyl sites for hydroxylation is 1. The van der Waals surface area contributed by atoms with Gasteiger partial charge in [0, 0.05) is 28.1 Å². The second kappa shape index (κ2) is 7.57. The molecular formula is C17H19BrN2O3S2. The third kappa shape index (κ3) is 4.31. The molecule has 0 spiro atoms. The number of amides is 1. The van der Waals surface area contributed by atoms with E-state index >= 15 is 0 Å². The van der Waals surface area contributed by atoms with Gasteiger partial charge in [-0.1, -0.05) is 15.9 Å². The van der Waals surface area contributed by atoms with Gasteiger partial charge >= 0.3 is 0 Å². The second-order valence-electron chi connectivity index (χ2n) is 6.02. The number of hydrogen-bond acceptors (Lipinski definition) is 4. The molecular weight excluding hydrogens is 424 g/mol. The molecule has 1 aliphatic rings. The van der Waals surface area contributed by atoms with E-state index in [0.29, 0.717) is 17.3 Å². The maximum Gasteiger partial charge on any atom is 0.252 e. The van der Waals surface area contributed by atoms with E-state index in [1.54, 1.807) is 12.1 Å². The number of rotatable bonds is 5. The number of anilines is 1. The maximum absolute atomic E-state index is 12.5. The zero-order valence-corrected chi connectivity index (χ0v) is 17.0. The van der Waals surface area contributed by atoms with Crippen molar-refractivity contribution in [3.05, 3.63) is 45.2 Å². The van der Waals surface area contributed by atoms with Crippen molar-refractivity contribution in [1.29, 1.82) is 0 Å². The largest absolute Gasteiger partial charge is 0.326 e. The Morgan fingerprint density at radius 2 is 1.96 bits per heavy atom. The molecule has 1 aromatic heterocycles. The standard InChI is InChI=1S/C17H19BrN2O3S2/c1-12-10-13(18)4-6-15(12)19-16(21)11-14-5-7-17(24-14)25(22,23)20-8-2-3-9-20/h4-7,10H,2-3,8-9,11H2,1H3,(H,19,21). The van der Waals surface area contributed by atoms with Crippen LogP contribution in [0.1, 0.15) is 23.3 Å². The molecule has 1 aliphatic heterocycles. The van der Waals surface area contributed by atoms with Crippen LogP contribution >= 0.6 is 27.3 Å². The summed E-state index contributed by atoms with van der Waals surface area (Å²) in [5, 5.41) is 2.88. The lowest BCUT2D eigenvalue weighted by atomic mass is 10.2. The Morgan fingerprint density at radius 1 is 1.24 bits per heavy atom. The van der Waals surface area contributed by atoms with Gasteiger partial charge in [-0.25, -0.2) is 8.42 Å². The van der Waals surface area contributed by atoms with Crippen molar-refractivity contribution in [2.45, 2.75) is 30.4 Å². The van der Waals surface area contributed by atoms with Crippen LogP contribution in [0.3, 0.4) is 0 Å². The summed E-state index contributed by atoms with van der Waals surface area (Å²) in [7, 11) is -3.41. The Kier molecular flexibility index (Phi) is 5.62. The zero-order chi connectivity index (χ0) is 18.0. The van der Waals surface area contributed by atoms with Crippen molar-refractivity contribution < 1.29 is 13.2 Å². The number of thiophene rings is 1. The minimum absolute atomic E-state index is 0.155. The normalized spacial score (nSPS) is 15.4. The van der Waals surface area contributed by atoms with Gasteiger partial charge in [0.2, 0.25) is 5.91 Å². The summed E-state index contributed by atoms with van der Waals surface area (Å²) in [6, 6.07) is 8.97. The zero-order valence-electron chi connectivity index (χ0n) is 13.8. The Balaban J connectivity index is 1.67. The summed E-state index contributed by atoms with van der Waals surface area (Å²) in [4.78, 5) is 13.0. The molecule has 0 bridgehead atoms. The number of hydrogen-bond donors (Lipinski definition) is 1. The van der Waals surface area contributed by atoms with Crippen molar-refractivity contribution in [1.82, 2.24) is 4.31 Å². The van der Waals surface area contributed by atoms with E-state index in [4.69, 9.17) is 0 Å². The van der Waals surface area contributed by atoms with Crippen LogP contribution in [0, 0.1) is 6.92 Å². The first kappa shape index (κ1) is 18.6. The fourth-order valence-electron chi connectivity index (χ4n) is 2.77. The minimum atomic E-state index is -3.41. The first-order valence-corrected chi connectivity index (χ1v) is 11.1. The summed E-state index contributed by atoms with van der Waals surface area (Å²) in [5.74, 6) is -0.155. The average molecular weight is 443 g/mol. The van der Waals surface area contributed by atoms with Gasteiger partial charge in [-0.2, -0.15) is 4.31 Å². The molecule has 1 saturated heterocycles. The molecule has 1 N–H and O–H groups in total. The highest BCUT2D eigenvalue weighted by atomic mass is 79.9. The Labute approximate surface area is 160 Å². The lowest BCUT2D eigenvalue weighted by Crippen LogP contribution is -2.27. The number of carbonyl (C=O) groups is 1. The molecule has 0 aliphatic carbocycles. The smallest absolute Gasteiger partial charge is 0.252 e. The van der Waals surface area contributed by atoms with Gasteiger partial charge in [-0.15, -0.1) is 11.3 Å². The molecule has 25 heavy (non-hydrogen) atoms. The van der Waals surface area contributed by atoms with Crippen molar-refractivity contribution in [3.8, 4) is 0 Å². The molecule has 134 valence electrons. The van der Waals surface area contributed by atoms with Gasteiger partial charge in [-0.05, 0) is 55.7 Å². The SMILES string of the molecule is Cc1cc(Br)ccc1NC(=O)Cc1ccc(S(=O)(=O)N2CCCC2)s1. The maximum atomic E-state index is 12.5. The first-order valence-electron chi connectivity index (χ1n) is 8.01. The van der Waals surface area contributed by atoms with Crippen LogP contribution in [-0.2, 0) is 21.2 Å². The Morgan fingerprint density at radius 3 is 2.64 bits per heavy atom. The van der Waals surface area contributed by atoms with Crippen molar-refractivity contribution >= 4 is 48.9 Å². The fourth-order valence-corrected chi connectivity index (χ4v) is 6.27. The second-order valence-corrected chi connectivity index (χ2v) is 10.3. The van der Waals surface area contributed by atoms with Gasteiger partial charge in [0.15, 0.2) is 0 Å². The van der Waals surface area contributed by atoms with E-state index < -0.39 is 10.0 Å². The summed E-state index contributed by atoms with van der Waals surface area (Å²) < 4.78 is 27.9. The molecule has 1 aromatic carbocycles. The van der Waals surface area contributed by atoms with Gasteiger partial charge in [-0.3, -0.25) is 4.79 Å². The predicted octanol–water partition coefficient (Wildman–Crippen LogP) is 3.78. The predicted molar refractivity (Wildman–Crippen MR) is 104 cm³/mol. The average Bonchev–Trinajstić information content (AvgIpc) is 3.22. The van der Waals surface area contributed by atoms with E-state index in [1.807, 2.05) is 25.1 Å². The topological polar surface area (TPSA) is 66.5 Å². The van der Waals surface area contributed by atoms with Crippen molar-refractivity contribution in [2.75, 3.05) is 18.4 Å². The summed E-state index contributed by atoms with van der Waals surface area (Å²) in [6.07, 6.45) is 1.98. The van der Waals surface area contributed by atoms with Crippen LogP contribution in [0.5, 0.6) is 0 Å². The van der Waals surface area contributed by atoms with Crippen LogP contribution in [0.4, 0.5) is 5.69 Å². The first-order chi connectivity index (χ1) is 11.9. The molecule has 2 heterocycles. The highest BCUT2D eigenvalue weighted by molar-refractivity contribution is 9.10. The molecule has 0 unspecified atom stereocenters. The van der Waals surface area contributed by atoms with E-state index in [1.165, 1.54) is 15.6 Å². The highest BCUT2D eigenvalue weighted by Gasteiger charge is 2.28. The summed E-state index contributed by atoms with van der Waals surface area (Å²) in [6.45, 7) is 3.09. The molecule has 1 fully saturated rings. The van der Waals surface area contributed by atoms with Gasteiger partial charge in [0.05, 0.1) is 6.42 Å².